The van der Waals surface area contributed by atoms with E-state index in [1.54, 1.807) is 30.4 Å². The molecule has 2 aliphatic heterocycles. The number of carbonyl (C=O) groups is 3. The van der Waals surface area contributed by atoms with Gasteiger partial charge in [0.05, 0.1) is 23.8 Å². The molecule has 0 unspecified atom stereocenters. The molecule has 0 saturated carbocycles. The second kappa shape index (κ2) is 12.3. The van der Waals surface area contributed by atoms with E-state index in [-0.39, 0.29) is 11.8 Å². The van der Waals surface area contributed by atoms with E-state index >= 15 is 0 Å². The van der Waals surface area contributed by atoms with Gasteiger partial charge in [-0.2, -0.15) is 0 Å². The Morgan fingerprint density at radius 3 is 1.84 bits per heavy atom. The molecule has 224 valence electrons. The molecule has 5 aromatic rings. The predicted molar refractivity (Wildman–Crippen MR) is 177 cm³/mol. The molecule has 2 amide bonds. The zero-order chi connectivity index (χ0) is 31.7. The fourth-order valence-electron chi connectivity index (χ4n) is 5.13. The fourth-order valence-corrected chi connectivity index (χ4v) is 5.64. The van der Waals surface area contributed by atoms with Crippen LogP contribution in [0.2, 0.25) is 0 Å². The summed E-state index contributed by atoms with van der Waals surface area (Å²) in [6.07, 6.45) is 3.53. The number of hydrogen-bond acceptors (Lipinski definition) is 6. The van der Waals surface area contributed by atoms with Gasteiger partial charge >= 0.3 is 5.97 Å². The SMILES string of the molecule is COC(=O)c1cccc(-c2cc(C)c(/C=C3/C(=O)Nc4ccccc43)o2)c1.Cc1cc(Br)oc1/C=C1/C(=O)Nc2ccccc21. The number of aryl methyl sites for hydroxylation is 2. The normalized spacial score (nSPS) is 14.8. The van der Waals surface area contributed by atoms with E-state index in [1.165, 1.54) is 7.11 Å². The van der Waals surface area contributed by atoms with Crippen LogP contribution >= 0.6 is 15.9 Å². The molecule has 2 N–H and O–H groups in total. The number of para-hydroxylation sites is 2. The second-order valence-corrected chi connectivity index (χ2v) is 11.2. The minimum absolute atomic E-state index is 0.0943. The number of benzene rings is 3. The van der Waals surface area contributed by atoms with E-state index < -0.39 is 5.97 Å². The minimum atomic E-state index is -0.401. The summed E-state index contributed by atoms with van der Waals surface area (Å²) in [5, 5.41) is 5.69. The van der Waals surface area contributed by atoms with Crippen molar-refractivity contribution in [3.05, 3.63) is 129 Å². The molecule has 2 aromatic heterocycles. The average Bonchev–Trinajstić information content (AvgIpc) is 3.76. The van der Waals surface area contributed by atoms with Crippen LogP contribution in [0.4, 0.5) is 11.4 Å². The van der Waals surface area contributed by atoms with Crippen LogP contribution in [0.25, 0.3) is 34.6 Å². The van der Waals surface area contributed by atoms with Crippen molar-refractivity contribution in [3.63, 3.8) is 0 Å². The van der Waals surface area contributed by atoms with Gasteiger partial charge in [0.25, 0.3) is 11.8 Å². The van der Waals surface area contributed by atoms with Crippen LogP contribution in [-0.2, 0) is 14.3 Å². The molecule has 0 fully saturated rings. The third-order valence-electron chi connectivity index (χ3n) is 7.42. The van der Waals surface area contributed by atoms with Gasteiger partial charge in [0.1, 0.15) is 17.3 Å². The maximum absolute atomic E-state index is 12.3. The summed E-state index contributed by atoms with van der Waals surface area (Å²) < 4.78 is 16.9. The number of hydrogen-bond donors (Lipinski definition) is 2. The zero-order valence-electron chi connectivity index (χ0n) is 24.6. The Bertz CT molecular complexity index is 2050. The van der Waals surface area contributed by atoms with Crippen LogP contribution in [0.1, 0.15) is 44.1 Å². The molecule has 3 aromatic carbocycles. The van der Waals surface area contributed by atoms with Gasteiger partial charge in [-0.15, -0.1) is 0 Å². The summed E-state index contributed by atoms with van der Waals surface area (Å²) in [4.78, 5) is 36.0. The second-order valence-electron chi connectivity index (χ2n) is 10.4. The summed E-state index contributed by atoms with van der Waals surface area (Å²) in [5.74, 6) is 1.28. The van der Waals surface area contributed by atoms with Crippen molar-refractivity contribution in [2.75, 3.05) is 17.7 Å². The molecule has 0 bridgehead atoms. The Balaban J connectivity index is 0.000000172. The van der Waals surface area contributed by atoms with Crippen molar-refractivity contribution < 1.29 is 28.0 Å². The Morgan fingerprint density at radius 2 is 1.29 bits per heavy atom. The highest BCUT2D eigenvalue weighted by molar-refractivity contribution is 9.10. The van der Waals surface area contributed by atoms with Crippen LogP contribution in [-0.4, -0.2) is 24.9 Å². The Hall–Kier alpha value is -5.41. The molecular formula is C36H27BrN2O6. The van der Waals surface area contributed by atoms with E-state index in [0.29, 0.717) is 38.7 Å². The first-order valence-corrected chi connectivity index (χ1v) is 14.8. The molecule has 9 heteroatoms. The van der Waals surface area contributed by atoms with Crippen molar-refractivity contribution in [3.8, 4) is 11.3 Å². The number of amides is 2. The number of furan rings is 2. The number of anilines is 2. The van der Waals surface area contributed by atoms with Gasteiger partial charge in [-0.3, -0.25) is 9.59 Å². The fraction of sp³-hybridized carbons (Fsp3) is 0.0833. The van der Waals surface area contributed by atoms with Gasteiger partial charge < -0.3 is 24.2 Å². The van der Waals surface area contributed by atoms with Gasteiger partial charge in [-0.1, -0.05) is 48.5 Å². The molecular weight excluding hydrogens is 636 g/mol. The lowest BCUT2D eigenvalue weighted by molar-refractivity contribution is -0.111. The van der Waals surface area contributed by atoms with Gasteiger partial charge in [0.2, 0.25) is 0 Å². The van der Waals surface area contributed by atoms with Crippen molar-refractivity contribution >= 4 is 68.4 Å². The van der Waals surface area contributed by atoms with Crippen molar-refractivity contribution in [1.82, 2.24) is 0 Å². The molecule has 7 rings (SSSR count). The van der Waals surface area contributed by atoms with E-state index in [4.69, 9.17) is 13.6 Å². The standard InChI is InChI=1S/C22H17NO4.C14H10BrNO2/c1-13-10-20(14-6-5-7-15(11-14)22(25)26-2)27-19(13)12-17-16-8-3-4-9-18(16)23-21(17)24;1-8-6-13(15)18-12(8)7-10-9-4-2-3-5-11(9)16-14(10)17/h3-12H,1-2H3,(H,23,24);2-7H,1H3,(H,16,17)/b17-12+;10-7+. The summed E-state index contributed by atoms with van der Waals surface area (Å²) in [7, 11) is 1.35. The summed E-state index contributed by atoms with van der Waals surface area (Å²) in [5.41, 5.74) is 7.72. The van der Waals surface area contributed by atoms with Crippen LogP contribution < -0.4 is 10.6 Å². The topological polar surface area (TPSA) is 111 Å². The van der Waals surface area contributed by atoms with E-state index in [2.05, 4.69) is 26.6 Å². The van der Waals surface area contributed by atoms with Crippen LogP contribution in [0, 0.1) is 13.8 Å². The Kier molecular flexibility index (Phi) is 8.10. The van der Waals surface area contributed by atoms with Gasteiger partial charge in [0.15, 0.2) is 4.67 Å². The number of rotatable bonds is 4. The highest BCUT2D eigenvalue weighted by Gasteiger charge is 2.25. The molecule has 0 atom stereocenters. The highest BCUT2D eigenvalue weighted by Crippen LogP contribution is 2.36. The molecule has 8 nitrogen and oxygen atoms in total. The lowest BCUT2D eigenvalue weighted by atomic mass is 10.1. The third kappa shape index (κ3) is 6.03. The van der Waals surface area contributed by atoms with Crippen LogP contribution in [0.5, 0.6) is 0 Å². The molecule has 0 radical (unpaired) electrons. The first-order chi connectivity index (χ1) is 21.7. The van der Waals surface area contributed by atoms with Crippen molar-refractivity contribution in [2.45, 2.75) is 13.8 Å². The average molecular weight is 664 g/mol. The number of esters is 1. The van der Waals surface area contributed by atoms with E-state index in [1.807, 2.05) is 80.6 Å². The number of methoxy groups -OCH3 is 1. The number of nitrogens with one attached hydrogen (secondary N) is 2. The lowest BCUT2D eigenvalue weighted by Crippen LogP contribution is -2.03. The zero-order valence-corrected chi connectivity index (χ0v) is 26.2. The number of fused-ring (bicyclic) bond motifs is 2. The summed E-state index contributed by atoms with van der Waals surface area (Å²) in [6.45, 7) is 3.86. The van der Waals surface area contributed by atoms with Crippen LogP contribution in [0.15, 0.2) is 98.4 Å². The monoisotopic (exact) mass is 662 g/mol. The molecule has 0 saturated heterocycles. The molecule has 45 heavy (non-hydrogen) atoms. The molecule has 4 heterocycles. The van der Waals surface area contributed by atoms with E-state index in [9.17, 15) is 14.4 Å². The van der Waals surface area contributed by atoms with Gasteiger partial charge in [0, 0.05) is 28.1 Å². The largest absolute Gasteiger partial charge is 0.465 e. The maximum Gasteiger partial charge on any atom is 0.337 e. The van der Waals surface area contributed by atoms with Gasteiger partial charge in [-0.25, -0.2) is 4.79 Å². The summed E-state index contributed by atoms with van der Waals surface area (Å²) >= 11 is 3.28. The molecule has 2 aliphatic rings. The highest BCUT2D eigenvalue weighted by atomic mass is 79.9. The van der Waals surface area contributed by atoms with Crippen LogP contribution in [0.3, 0.4) is 0 Å². The predicted octanol–water partition coefficient (Wildman–Crippen LogP) is 8.38. The van der Waals surface area contributed by atoms with E-state index in [0.717, 1.165) is 39.2 Å². The molecule has 0 aliphatic carbocycles. The Labute approximate surface area is 267 Å². The minimum Gasteiger partial charge on any atom is -0.465 e. The Morgan fingerprint density at radius 1 is 0.733 bits per heavy atom. The van der Waals surface area contributed by atoms with Crippen molar-refractivity contribution in [1.29, 1.82) is 0 Å². The third-order valence-corrected chi connectivity index (χ3v) is 7.81. The van der Waals surface area contributed by atoms with Crippen molar-refractivity contribution in [2.24, 2.45) is 0 Å². The smallest absolute Gasteiger partial charge is 0.337 e. The summed E-state index contributed by atoms with van der Waals surface area (Å²) in [6, 6.07) is 26.0. The number of halogens is 1. The first-order valence-electron chi connectivity index (χ1n) is 14.0. The molecule has 0 spiro atoms. The quantitative estimate of drug-likeness (QED) is 0.148. The number of ether oxygens (including phenoxy) is 1. The number of carbonyl (C=O) groups excluding carboxylic acids is 3. The first kappa shape index (κ1) is 29.7. The van der Waals surface area contributed by atoms with Gasteiger partial charge in [-0.05, 0) is 89.5 Å². The maximum atomic E-state index is 12.3. The lowest BCUT2D eigenvalue weighted by Gasteiger charge is -2.01.